The Morgan fingerprint density at radius 1 is 1.64 bits per heavy atom. The normalized spacial score (nSPS) is 23.8. The van der Waals surface area contributed by atoms with E-state index in [2.05, 4.69) is 6.07 Å². The topological polar surface area (TPSA) is 33.0 Å². The lowest BCUT2D eigenvalue weighted by Gasteiger charge is -2.19. The third-order valence-electron chi connectivity index (χ3n) is 2.40. The molecule has 0 spiro atoms. The maximum Gasteiger partial charge on any atom is 0.123 e. The van der Waals surface area contributed by atoms with Gasteiger partial charge in [-0.25, -0.2) is 0 Å². The van der Waals surface area contributed by atoms with E-state index in [1.165, 1.54) is 0 Å². The van der Waals surface area contributed by atoms with Gasteiger partial charge in [-0.2, -0.15) is 5.26 Å². The summed E-state index contributed by atoms with van der Waals surface area (Å²) < 4.78 is 5.71. The van der Waals surface area contributed by atoms with Crippen molar-refractivity contribution in [3.05, 3.63) is 28.8 Å². The molecule has 1 heterocycles. The SMILES string of the molecule is CC1(CC#N)Cc2cc(Cl)ccc2O1. The zero-order valence-corrected chi connectivity index (χ0v) is 8.64. The number of nitriles is 1. The molecular formula is C11H10ClNO. The van der Waals surface area contributed by atoms with E-state index in [4.69, 9.17) is 21.6 Å². The summed E-state index contributed by atoms with van der Waals surface area (Å²) in [5.41, 5.74) is 0.720. The lowest BCUT2D eigenvalue weighted by Crippen LogP contribution is -2.29. The van der Waals surface area contributed by atoms with Crippen molar-refractivity contribution in [1.29, 1.82) is 5.26 Å². The Hall–Kier alpha value is -1.20. The number of fused-ring (bicyclic) bond motifs is 1. The Morgan fingerprint density at radius 3 is 3.14 bits per heavy atom. The van der Waals surface area contributed by atoms with E-state index < -0.39 is 0 Å². The van der Waals surface area contributed by atoms with Crippen LogP contribution in [-0.4, -0.2) is 5.60 Å². The molecule has 72 valence electrons. The molecule has 0 fully saturated rings. The van der Waals surface area contributed by atoms with Crippen molar-refractivity contribution in [2.75, 3.05) is 0 Å². The van der Waals surface area contributed by atoms with Gasteiger partial charge in [0, 0.05) is 11.4 Å². The summed E-state index contributed by atoms with van der Waals surface area (Å²) in [6.07, 6.45) is 1.16. The molecule has 0 saturated carbocycles. The van der Waals surface area contributed by atoms with E-state index in [1.54, 1.807) is 6.07 Å². The summed E-state index contributed by atoms with van der Waals surface area (Å²) in [6, 6.07) is 7.71. The van der Waals surface area contributed by atoms with Gasteiger partial charge in [-0.05, 0) is 30.7 Å². The predicted molar refractivity (Wildman–Crippen MR) is 54.4 cm³/mol. The zero-order valence-electron chi connectivity index (χ0n) is 7.88. The molecular weight excluding hydrogens is 198 g/mol. The van der Waals surface area contributed by atoms with E-state index in [1.807, 2.05) is 19.1 Å². The van der Waals surface area contributed by atoms with Crippen LogP contribution < -0.4 is 4.74 Å². The quantitative estimate of drug-likeness (QED) is 0.710. The molecule has 1 aromatic rings. The lowest BCUT2D eigenvalue weighted by molar-refractivity contribution is 0.122. The summed E-state index contributed by atoms with van der Waals surface area (Å²) in [7, 11) is 0. The van der Waals surface area contributed by atoms with Crippen LogP contribution in [0.2, 0.25) is 5.02 Å². The van der Waals surface area contributed by atoms with Crippen molar-refractivity contribution in [3.63, 3.8) is 0 Å². The number of rotatable bonds is 1. The number of hydrogen-bond acceptors (Lipinski definition) is 2. The third-order valence-corrected chi connectivity index (χ3v) is 2.63. The number of ether oxygens (including phenoxy) is 1. The summed E-state index contributed by atoms with van der Waals surface area (Å²) in [5, 5.41) is 9.39. The second-order valence-corrected chi connectivity index (χ2v) is 4.25. The van der Waals surface area contributed by atoms with Crippen LogP contribution in [0.15, 0.2) is 18.2 Å². The van der Waals surface area contributed by atoms with Gasteiger partial charge in [0.1, 0.15) is 11.4 Å². The zero-order chi connectivity index (χ0) is 10.2. The first-order valence-electron chi connectivity index (χ1n) is 4.47. The Kier molecular flexibility index (Phi) is 2.13. The summed E-state index contributed by atoms with van der Waals surface area (Å²) >= 11 is 5.87. The van der Waals surface area contributed by atoms with E-state index in [0.717, 1.165) is 17.7 Å². The van der Waals surface area contributed by atoms with Crippen molar-refractivity contribution >= 4 is 11.6 Å². The summed E-state index contributed by atoms with van der Waals surface area (Å²) in [5.74, 6) is 0.854. The van der Waals surface area contributed by atoms with Crippen molar-refractivity contribution in [2.45, 2.75) is 25.4 Å². The maximum atomic E-state index is 8.67. The molecule has 2 nitrogen and oxygen atoms in total. The Morgan fingerprint density at radius 2 is 2.43 bits per heavy atom. The van der Waals surface area contributed by atoms with Crippen molar-refractivity contribution < 1.29 is 4.74 Å². The smallest absolute Gasteiger partial charge is 0.123 e. The largest absolute Gasteiger partial charge is 0.486 e. The molecule has 2 rings (SSSR count). The minimum Gasteiger partial charge on any atom is -0.486 e. The second-order valence-electron chi connectivity index (χ2n) is 3.82. The van der Waals surface area contributed by atoms with Gasteiger partial charge in [0.25, 0.3) is 0 Å². The van der Waals surface area contributed by atoms with Gasteiger partial charge in [0.2, 0.25) is 0 Å². The van der Waals surface area contributed by atoms with Gasteiger partial charge in [-0.15, -0.1) is 0 Å². The Bertz CT molecular complexity index is 410. The van der Waals surface area contributed by atoms with E-state index >= 15 is 0 Å². The summed E-state index contributed by atoms with van der Waals surface area (Å²) in [4.78, 5) is 0. The predicted octanol–water partition coefficient (Wildman–Crippen LogP) is 2.95. The lowest BCUT2D eigenvalue weighted by atomic mass is 9.97. The van der Waals surface area contributed by atoms with Crippen LogP contribution in [0.5, 0.6) is 5.75 Å². The van der Waals surface area contributed by atoms with Crippen LogP contribution in [0.1, 0.15) is 18.9 Å². The number of nitrogens with zero attached hydrogens (tertiary/aromatic N) is 1. The first-order valence-corrected chi connectivity index (χ1v) is 4.85. The average Bonchev–Trinajstić information content (AvgIpc) is 2.40. The monoisotopic (exact) mass is 207 g/mol. The van der Waals surface area contributed by atoms with Crippen LogP contribution in [-0.2, 0) is 6.42 Å². The number of benzene rings is 1. The third kappa shape index (κ3) is 1.56. The highest BCUT2D eigenvalue weighted by Gasteiger charge is 2.34. The van der Waals surface area contributed by atoms with Crippen LogP contribution in [0.4, 0.5) is 0 Å². The molecule has 1 aromatic carbocycles. The highest BCUT2D eigenvalue weighted by Crippen LogP contribution is 2.37. The molecule has 3 heteroatoms. The average molecular weight is 208 g/mol. The van der Waals surface area contributed by atoms with Gasteiger partial charge in [-0.3, -0.25) is 0 Å². The molecule has 14 heavy (non-hydrogen) atoms. The van der Waals surface area contributed by atoms with Gasteiger partial charge in [0.05, 0.1) is 12.5 Å². The molecule has 0 N–H and O–H groups in total. The standard InChI is InChI=1S/C11H10ClNO/c1-11(4-5-13)7-8-6-9(12)2-3-10(8)14-11/h2-3,6H,4,7H2,1H3. The highest BCUT2D eigenvalue weighted by atomic mass is 35.5. The van der Waals surface area contributed by atoms with Gasteiger partial charge < -0.3 is 4.74 Å². The number of hydrogen-bond donors (Lipinski definition) is 0. The fourth-order valence-corrected chi connectivity index (χ4v) is 1.95. The van der Waals surface area contributed by atoms with E-state index in [-0.39, 0.29) is 5.60 Å². The van der Waals surface area contributed by atoms with Crippen molar-refractivity contribution in [1.82, 2.24) is 0 Å². The van der Waals surface area contributed by atoms with Crippen LogP contribution in [0.3, 0.4) is 0 Å². The molecule has 0 radical (unpaired) electrons. The first kappa shape index (κ1) is 9.36. The number of halogens is 1. The van der Waals surface area contributed by atoms with Crippen molar-refractivity contribution in [2.24, 2.45) is 0 Å². The van der Waals surface area contributed by atoms with Crippen LogP contribution >= 0.6 is 11.6 Å². The van der Waals surface area contributed by atoms with E-state index in [9.17, 15) is 0 Å². The first-order chi connectivity index (χ1) is 6.63. The molecule has 1 unspecified atom stereocenters. The fraction of sp³-hybridized carbons (Fsp3) is 0.364. The molecule has 1 aliphatic rings. The minimum atomic E-state index is -0.373. The Balaban J connectivity index is 2.30. The highest BCUT2D eigenvalue weighted by molar-refractivity contribution is 6.30. The molecule has 0 amide bonds. The van der Waals surface area contributed by atoms with Crippen LogP contribution in [0.25, 0.3) is 0 Å². The molecule has 1 atom stereocenters. The molecule has 0 aromatic heterocycles. The molecule has 0 bridgehead atoms. The molecule has 1 aliphatic heterocycles. The molecule has 0 saturated heterocycles. The second kappa shape index (κ2) is 3.18. The maximum absolute atomic E-state index is 8.67. The van der Waals surface area contributed by atoms with Crippen molar-refractivity contribution in [3.8, 4) is 11.8 Å². The van der Waals surface area contributed by atoms with Crippen LogP contribution in [0, 0.1) is 11.3 Å². The summed E-state index contributed by atoms with van der Waals surface area (Å²) in [6.45, 7) is 1.95. The minimum absolute atomic E-state index is 0.373. The van der Waals surface area contributed by atoms with E-state index in [0.29, 0.717) is 11.4 Å². The van der Waals surface area contributed by atoms with Gasteiger partial charge in [-0.1, -0.05) is 11.6 Å². The van der Waals surface area contributed by atoms with Gasteiger partial charge in [0.15, 0.2) is 0 Å². The fourth-order valence-electron chi connectivity index (χ4n) is 1.76. The van der Waals surface area contributed by atoms with Gasteiger partial charge >= 0.3 is 0 Å². The Labute approximate surface area is 88.1 Å². The molecule has 0 aliphatic carbocycles.